The van der Waals surface area contributed by atoms with E-state index in [2.05, 4.69) is 15.6 Å². The third-order valence-electron chi connectivity index (χ3n) is 4.72. The van der Waals surface area contributed by atoms with Crippen molar-refractivity contribution >= 4 is 17.3 Å². The van der Waals surface area contributed by atoms with E-state index in [1.54, 1.807) is 12.3 Å². The van der Waals surface area contributed by atoms with E-state index in [1.165, 1.54) is 25.7 Å². The van der Waals surface area contributed by atoms with Gasteiger partial charge in [-0.1, -0.05) is 37.8 Å². The van der Waals surface area contributed by atoms with Gasteiger partial charge in [-0.15, -0.1) is 0 Å². The van der Waals surface area contributed by atoms with E-state index in [9.17, 15) is 4.79 Å². The molecule has 1 aliphatic rings. The summed E-state index contributed by atoms with van der Waals surface area (Å²) in [4.78, 5) is 16.8. The molecule has 3 rings (SSSR count). The Morgan fingerprint density at radius 3 is 2.48 bits per heavy atom. The predicted molar refractivity (Wildman–Crippen MR) is 109 cm³/mol. The minimum absolute atomic E-state index is 0.0861. The van der Waals surface area contributed by atoms with Gasteiger partial charge in [0, 0.05) is 6.04 Å². The molecule has 2 N–H and O–H groups in total. The lowest BCUT2D eigenvalue weighted by Gasteiger charge is -2.16. The molecule has 1 heterocycles. The number of pyridine rings is 1. The van der Waals surface area contributed by atoms with Crippen molar-refractivity contribution in [3.8, 4) is 5.75 Å². The predicted octanol–water partition coefficient (Wildman–Crippen LogP) is 5.07. The van der Waals surface area contributed by atoms with Crippen molar-refractivity contribution in [2.75, 3.05) is 5.32 Å². The van der Waals surface area contributed by atoms with Crippen molar-refractivity contribution in [1.82, 2.24) is 10.3 Å². The van der Waals surface area contributed by atoms with Gasteiger partial charge in [-0.05, 0) is 51.0 Å². The highest BCUT2D eigenvalue weighted by molar-refractivity contribution is 5.92. The zero-order valence-corrected chi connectivity index (χ0v) is 16.2. The molecule has 0 spiro atoms. The molecule has 0 unspecified atom stereocenters. The first-order chi connectivity index (χ1) is 13.1. The Hall–Kier alpha value is -2.56. The van der Waals surface area contributed by atoms with Gasteiger partial charge in [0.15, 0.2) is 0 Å². The number of ether oxygens (including phenoxy) is 1. The molecule has 0 saturated heterocycles. The number of rotatable bonds is 6. The average Bonchev–Trinajstić information content (AvgIpc) is 2.92. The molecule has 0 atom stereocenters. The number of anilines is 2. The fourth-order valence-corrected chi connectivity index (χ4v) is 3.37. The largest absolute Gasteiger partial charge is 0.489 e. The maximum absolute atomic E-state index is 12.5. The topological polar surface area (TPSA) is 63.2 Å². The number of aromatic nitrogens is 1. The summed E-state index contributed by atoms with van der Waals surface area (Å²) in [5.74, 6) is 0.708. The van der Waals surface area contributed by atoms with Crippen LogP contribution >= 0.6 is 0 Å². The van der Waals surface area contributed by atoms with Crippen LogP contribution in [0.3, 0.4) is 0 Å². The Balaban J connectivity index is 1.62. The summed E-state index contributed by atoms with van der Waals surface area (Å²) in [6.45, 7) is 4.00. The zero-order chi connectivity index (χ0) is 19.1. The van der Waals surface area contributed by atoms with Crippen LogP contribution in [-0.2, 0) is 0 Å². The molecule has 27 heavy (non-hydrogen) atoms. The molecule has 1 aromatic heterocycles. The fourth-order valence-electron chi connectivity index (χ4n) is 3.37. The normalized spacial score (nSPS) is 15.2. The van der Waals surface area contributed by atoms with Gasteiger partial charge in [-0.2, -0.15) is 0 Å². The van der Waals surface area contributed by atoms with Gasteiger partial charge in [0.1, 0.15) is 11.4 Å². The van der Waals surface area contributed by atoms with Crippen LogP contribution in [0.15, 0.2) is 42.6 Å². The zero-order valence-electron chi connectivity index (χ0n) is 16.2. The van der Waals surface area contributed by atoms with Gasteiger partial charge in [-0.3, -0.25) is 4.79 Å². The summed E-state index contributed by atoms with van der Waals surface area (Å²) in [7, 11) is 0. The second-order valence-corrected chi connectivity index (χ2v) is 7.38. The van der Waals surface area contributed by atoms with Crippen LogP contribution in [0, 0.1) is 0 Å². The fraction of sp³-hybridized carbons (Fsp3) is 0.455. The Morgan fingerprint density at radius 1 is 1.07 bits per heavy atom. The number of nitrogens with one attached hydrogen (secondary N) is 2. The van der Waals surface area contributed by atoms with Gasteiger partial charge in [-0.25, -0.2) is 4.98 Å². The van der Waals surface area contributed by atoms with Gasteiger partial charge in [0.2, 0.25) is 0 Å². The highest BCUT2D eigenvalue weighted by Crippen LogP contribution is 2.28. The Morgan fingerprint density at radius 2 is 1.81 bits per heavy atom. The van der Waals surface area contributed by atoms with E-state index in [0.29, 0.717) is 5.69 Å². The standard InChI is InChI=1S/C22H29N3O2/c1-16(2)27-21-12-8-7-11-19(21)24-18-13-14-20(23-15-18)22(26)25-17-9-5-3-4-6-10-17/h7-8,11-17,24H,3-6,9-10H2,1-2H3,(H,25,26). The maximum atomic E-state index is 12.5. The van der Waals surface area contributed by atoms with Gasteiger partial charge in [0.25, 0.3) is 5.91 Å². The van der Waals surface area contributed by atoms with E-state index in [0.717, 1.165) is 30.0 Å². The summed E-state index contributed by atoms with van der Waals surface area (Å²) in [5, 5.41) is 6.45. The van der Waals surface area contributed by atoms with E-state index < -0.39 is 0 Å². The summed E-state index contributed by atoms with van der Waals surface area (Å²) < 4.78 is 5.83. The van der Waals surface area contributed by atoms with Gasteiger partial charge in [0.05, 0.1) is 23.7 Å². The second kappa shape index (κ2) is 9.40. The highest BCUT2D eigenvalue weighted by atomic mass is 16.5. The number of hydrogen-bond donors (Lipinski definition) is 2. The summed E-state index contributed by atoms with van der Waals surface area (Å²) in [5.41, 5.74) is 2.15. The van der Waals surface area contributed by atoms with Crippen molar-refractivity contribution in [3.05, 3.63) is 48.3 Å². The van der Waals surface area contributed by atoms with E-state index in [4.69, 9.17) is 4.74 Å². The molecule has 0 bridgehead atoms. The molecule has 5 nitrogen and oxygen atoms in total. The highest BCUT2D eigenvalue weighted by Gasteiger charge is 2.16. The molecule has 1 amide bonds. The lowest BCUT2D eigenvalue weighted by atomic mass is 10.1. The number of benzene rings is 1. The second-order valence-electron chi connectivity index (χ2n) is 7.38. The van der Waals surface area contributed by atoms with Crippen LogP contribution in [0.1, 0.15) is 62.9 Å². The average molecular weight is 367 g/mol. The molecular weight excluding hydrogens is 338 g/mol. The first-order valence-electron chi connectivity index (χ1n) is 9.91. The molecule has 1 fully saturated rings. The lowest BCUT2D eigenvalue weighted by molar-refractivity contribution is 0.0928. The number of carbonyl (C=O) groups is 1. The van der Waals surface area contributed by atoms with Crippen LogP contribution in [0.4, 0.5) is 11.4 Å². The van der Waals surface area contributed by atoms with Crippen molar-refractivity contribution in [1.29, 1.82) is 0 Å². The smallest absolute Gasteiger partial charge is 0.270 e. The SMILES string of the molecule is CC(C)Oc1ccccc1Nc1ccc(C(=O)NC2CCCCCC2)nc1. The van der Waals surface area contributed by atoms with E-state index in [1.807, 2.05) is 44.2 Å². The Kier molecular flexibility index (Phi) is 6.69. The molecule has 0 aliphatic heterocycles. The number of amides is 1. The van der Waals surface area contributed by atoms with Crippen LogP contribution in [0.5, 0.6) is 5.75 Å². The Labute approximate surface area is 161 Å². The Bertz CT molecular complexity index is 735. The number of para-hydroxylation sites is 2. The van der Waals surface area contributed by atoms with Crippen molar-refractivity contribution in [2.45, 2.75) is 64.5 Å². The minimum atomic E-state index is -0.0861. The quantitative estimate of drug-likeness (QED) is 0.700. The molecule has 2 aromatic rings. The molecule has 0 radical (unpaired) electrons. The van der Waals surface area contributed by atoms with Crippen LogP contribution in [0.25, 0.3) is 0 Å². The molecule has 144 valence electrons. The molecule has 5 heteroatoms. The van der Waals surface area contributed by atoms with E-state index >= 15 is 0 Å². The van der Waals surface area contributed by atoms with Crippen LogP contribution < -0.4 is 15.4 Å². The molecular formula is C22H29N3O2. The first-order valence-corrected chi connectivity index (χ1v) is 9.91. The van der Waals surface area contributed by atoms with Crippen LogP contribution in [0.2, 0.25) is 0 Å². The van der Waals surface area contributed by atoms with E-state index in [-0.39, 0.29) is 18.1 Å². The van der Waals surface area contributed by atoms with Gasteiger partial charge >= 0.3 is 0 Å². The summed E-state index contributed by atoms with van der Waals surface area (Å²) >= 11 is 0. The monoisotopic (exact) mass is 367 g/mol. The number of nitrogens with zero attached hydrogens (tertiary/aromatic N) is 1. The third kappa shape index (κ3) is 5.71. The minimum Gasteiger partial charge on any atom is -0.489 e. The lowest BCUT2D eigenvalue weighted by Crippen LogP contribution is -2.34. The molecule has 1 aromatic carbocycles. The number of carbonyl (C=O) groups excluding carboxylic acids is 1. The summed E-state index contributed by atoms with van der Waals surface area (Å²) in [6.07, 6.45) is 8.85. The van der Waals surface area contributed by atoms with Crippen molar-refractivity contribution < 1.29 is 9.53 Å². The summed E-state index contributed by atoms with van der Waals surface area (Å²) in [6, 6.07) is 11.7. The van der Waals surface area contributed by atoms with Crippen molar-refractivity contribution in [2.24, 2.45) is 0 Å². The molecule has 1 aliphatic carbocycles. The molecule has 1 saturated carbocycles. The first kappa shape index (κ1) is 19.2. The van der Waals surface area contributed by atoms with Gasteiger partial charge < -0.3 is 15.4 Å². The van der Waals surface area contributed by atoms with Crippen LogP contribution in [-0.4, -0.2) is 23.0 Å². The van der Waals surface area contributed by atoms with Crippen molar-refractivity contribution in [3.63, 3.8) is 0 Å². The maximum Gasteiger partial charge on any atom is 0.270 e. The third-order valence-corrected chi connectivity index (χ3v) is 4.72. The number of hydrogen-bond acceptors (Lipinski definition) is 4.